The molecule has 0 atom stereocenters. The quantitative estimate of drug-likeness (QED) is 0.631. The largest absolute Gasteiger partial charge is 0.360 e. The Hall–Kier alpha value is -1.87. The van der Waals surface area contributed by atoms with Gasteiger partial charge in [0, 0.05) is 12.6 Å². The summed E-state index contributed by atoms with van der Waals surface area (Å²) in [5.41, 5.74) is 0. The number of hydrogen-bond donors (Lipinski definition) is 2. The summed E-state index contributed by atoms with van der Waals surface area (Å²) in [6.07, 6.45) is 1.87. The molecule has 0 aliphatic carbocycles. The first kappa shape index (κ1) is 11.2. The van der Waals surface area contributed by atoms with Gasteiger partial charge < -0.3 is 15.2 Å². The number of hydrogen-bond acceptors (Lipinski definition) is 5. The normalized spacial score (nSPS) is 9.53. The van der Waals surface area contributed by atoms with E-state index in [1.54, 1.807) is 12.3 Å². The van der Waals surface area contributed by atoms with E-state index in [1.807, 2.05) is 6.07 Å². The van der Waals surface area contributed by atoms with E-state index in [2.05, 4.69) is 15.8 Å². The molecule has 1 heterocycles. The van der Waals surface area contributed by atoms with Gasteiger partial charge in [0.25, 0.3) is 0 Å². The van der Waals surface area contributed by atoms with E-state index in [0.29, 0.717) is 25.3 Å². The Morgan fingerprint density at radius 1 is 1.67 bits per heavy atom. The van der Waals surface area contributed by atoms with Gasteiger partial charge in [0.05, 0.1) is 31.8 Å². The molecule has 0 radical (unpaired) electrons. The Kier molecular flexibility index (Phi) is 4.90. The first-order valence-corrected chi connectivity index (χ1v) is 4.57. The topological polar surface area (TPSA) is 91.0 Å². The lowest BCUT2D eigenvalue weighted by atomic mass is 10.4. The van der Waals surface area contributed by atoms with Gasteiger partial charge in [-0.15, -0.1) is 0 Å². The van der Waals surface area contributed by atoms with Crippen LogP contribution in [0.4, 0.5) is 0 Å². The molecule has 2 N–H and O–H groups in total. The summed E-state index contributed by atoms with van der Waals surface area (Å²) >= 11 is 0. The predicted molar refractivity (Wildman–Crippen MR) is 51.4 cm³/mol. The molecule has 0 spiro atoms. The van der Waals surface area contributed by atoms with Crippen molar-refractivity contribution in [3.63, 3.8) is 0 Å². The van der Waals surface area contributed by atoms with E-state index in [-0.39, 0.29) is 12.5 Å². The summed E-state index contributed by atoms with van der Waals surface area (Å²) < 4.78 is 4.83. The average molecular weight is 208 g/mol. The molecule has 0 fully saturated rings. The molecule has 1 amide bonds. The average Bonchev–Trinajstić information content (AvgIpc) is 2.71. The van der Waals surface area contributed by atoms with Gasteiger partial charge in [0.2, 0.25) is 5.91 Å². The lowest BCUT2D eigenvalue weighted by Gasteiger charge is -2.02. The highest BCUT2D eigenvalue weighted by molar-refractivity contribution is 5.77. The zero-order valence-electron chi connectivity index (χ0n) is 8.19. The number of nitrogens with one attached hydrogen (secondary N) is 2. The zero-order chi connectivity index (χ0) is 10.9. The van der Waals surface area contributed by atoms with E-state index in [9.17, 15) is 4.79 Å². The molecular weight excluding hydrogens is 196 g/mol. The second kappa shape index (κ2) is 6.56. The standard InChI is InChI=1S/C9H12N4O2/c10-3-1-4-12-9(14)7-11-6-8-2-5-13-15-8/h2,5,11H,1,4,6-7H2,(H,12,14). The molecule has 6 heteroatoms. The summed E-state index contributed by atoms with van der Waals surface area (Å²) in [6.45, 7) is 1.05. The van der Waals surface area contributed by atoms with Crippen LogP contribution >= 0.6 is 0 Å². The van der Waals surface area contributed by atoms with E-state index in [0.717, 1.165) is 0 Å². The van der Waals surface area contributed by atoms with Gasteiger partial charge in [-0.3, -0.25) is 4.79 Å². The molecule has 15 heavy (non-hydrogen) atoms. The summed E-state index contributed by atoms with van der Waals surface area (Å²) in [5.74, 6) is 0.546. The SMILES string of the molecule is N#CCCNC(=O)CNCc1ccno1. The maximum Gasteiger partial charge on any atom is 0.234 e. The fraction of sp³-hybridized carbons (Fsp3) is 0.444. The van der Waals surface area contributed by atoms with Crippen molar-refractivity contribution in [1.29, 1.82) is 5.26 Å². The second-order valence-electron chi connectivity index (χ2n) is 2.84. The predicted octanol–water partition coefficient (Wildman–Crippen LogP) is -0.206. The van der Waals surface area contributed by atoms with Gasteiger partial charge >= 0.3 is 0 Å². The third-order valence-electron chi connectivity index (χ3n) is 1.64. The van der Waals surface area contributed by atoms with Crippen LogP contribution in [0.3, 0.4) is 0 Å². The Morgan fingerprint density at radius 3 is 3.20 bits per heavy atom. The van der Waals surface area contributed by atoms with Crippen molar-refractivity contribution < 1.29 is 9.32 Å². The molecule has 0 unspecified atom stereocenters. The van der Waals surface area contributed by atoms with Crippen molar-refractivity contribution in [2.24, 2.45) is 0 Å². The highest BCUT2D eigenvalue weighted by atomic mass is 16.5. The van der Waals surface area contributed by atoms with Crippen LogP contribution in [0.1, 0.15) is 12.2 Å². The molecule has 0 aromatic carbocycles. The van der Waals surface area contributed by atoms with Gasteiger partial charge in [0.15, 0.2) is 0 Å². The van der Waals surface area contributed by atoms with Crippen LogP contribution in [-0.2, 0) is 11.3 Å². The molecule has 6 nitrogen and oxygen atoms in total. The van der Waals surface area contributed by atoms with Crippen molar-refractivity contribution in [3.05, 3.63) is 18.0 Å². The van der Waals surface area contributed by atoms with Crippen molar-refractivity contribution in [3.8, 4) is 6.07 Å². The van der Waals surface area contributed by atoms with E-state index in [4.69, 9.17) is 9.78 Å². The summed E-state index contributed by atoms with van der Waals surface area (Å²) in [7, 11) is 0. The number of carbonyl (C=O) groups excluding carboxylic acids is 1. The Bertz CT molecular complexity index is 328. The van der Waals surface area contributed by atoms with Crippen LogP contribution in [0.5, 0.6) is 0 Å². The first-order valence-electron chi connectivity index (χ1n) is 4.57. The van der Waals surface area contributed by atoms with Gasteiger partial charge in [-0.2, -0.15) is 5.26 Å². The Morgan fingerprint density at radius 2 is 2.53 bits per heavy atom. The van der Waals surface area contributed by atoms with Crippen LogP contribution < -0.4 is 10.6 Å². The highest BCUT2D eigenvalue weighted by Crippen LogP contribution is 1.93. The third-order valence-corrected chi connectivity index (χ3v) is 1.64. The molecular formula is C9H12N4O2. The van der Waals surface area contributed by atoms with E-state index in [1.165, 1.54) is 0 Å². The first-order chi connectivity index (χ1) is 7.33. The van der Waals surface area contributed by atoms with E-state index < -0.39 is 0 Å². The lowest BCUT2D eigenvalue weighted by molar-refractivity contribution is -0.120. The number of nitriles is 1. The number of amides is 1. The monoisotopic (exact) mass is 208 g/mol. The third kappa shape index (κ3) is 4.78. The van der Waals surface area contributed by atoms with Gasteiger partial charge in [0.1, 0.15) is 5.76 Å². The fourth-order valence-electron chi connectivity index (χ4n) is 0.953. The van der Waals surface area contributed by atoms with Crippen molar-refractivity contribution in [1.82, 2.24) is 15.8 Å². The van der Waals surface area contributed by atoms with Gasteiger partial charge in [-0.25, -0.2) is 0 Å². The summed E-state index contributed by atoms with van der Waals surface area (Å²) in [4.78, 5) is 11.1. The smallest absolute Gasteiger partial charge is 0.234 e. The fourth-order valence-corrected chi connectivity index (χ4v) is 0.953. The minimum atomic E-state index is -0.134. The van der Waals surface area contributed by atoms with E-state index >= 15 is 0 Å². The molecule has 1 rings (SSSR count). The Labute approximate surface area is 87.2 Å². The van der Waals surface area contributed by atoms with Crippen molar-refractivity contribution in [2.75, 3.05) is 13.1 Å². The van der Waals surface area contributed by atoms with Crippen LogP contribution in [0.15, 0.2) is 16.8 Å². The number of carbonyl (C=O) groups is 1. The van der Waals surface area contributed by atoms with Crippen LogP contribution in [0.25, 0.3) is 0 Å². The second-order valence-corrected chi connectivity index (χ2v) is 2.84. The number of aromatic nitrogens is 1. The minimum absolute atomic E-state index is 0.134. The van der Waals surface area contributed by atoms with Crippen molar-refractivity contribution in [2.45, 2.75) is 13.0 Å². The van der Waals surface area contributed by atoms with Gasteiger partial charge in [-0.05, 0) is 0 Å². The number of rotatable bonds is 6. The highest BCUT2D eigenvalue weighted by Gasteiger charge is 2.01. The molecule has 1 aromatic heterocycles. The molecule has 1 aromatic rings. The van der Waals surface area contributed by atoms with Crippen molar-refractivity contribution >= 4 is 5.91 Å². The Balaban J connectivity index is 2.05. The number of nitrogens with zero attached hydrogens (tertiary/aromatic N) is 2. The molecule has 0 saturated carbocycles. The summed E-state index contributed by atoms with van der Waals surface area (Å²) in [6, 6.07) is 3.67. The molecule has 0 aliphatic heterocycles. The minimum Gasteiger partial charge on any atom is -0.360 e. The molecule has 0 saturated heterocycles. The summed E-state index contributed by atoms with van der Waals surface area (Å²) in [5, 5.41) is 17.3. The van der Waals surface area contributed by atoms with Crippen LogP contribution in [0.2, 0.25) is 0 Å². The zero-order valence-corrected chi connectivity index (χ0v) is 8.19. The van der Waals surface area contributed by atoms with Crippen LogP contribution in [-0.4, -0.2) is 24.2 Å². The van der Waals surface area contributed by atoms with Gasteiger partial charge in [-0.1, -0.05) is 5.16 Å². The molecule has 0 aliphatic rings. The maximum absolute atomic E-state index is 11.1. The lowest BCUT2D eigenvalue weighted by Crippen LogP contribution is -2.33. The molecule has 0 bridgehead atoms. The molecule has 80 valence electrons. The maximum atomic E-state index is 11.1. The van der Waals surface area contributed by atoms with Crippen LogP contribution in [0, 0.1) is 11.3 Å².